The summed E-state index contributed by atoms with van der Waals surface area (Å²) in [5.74, 6) is 0.166. The molecule has 0 radical (unpaired) electrons. The van der Waals surface area contributed by atoms with E-state index in [0.29, 0.717) is 68.9 Å². The SMILES string of the molecule is COC(=O)c1ccc([C@H](C)NC(=O)c2c(C)nn3c2N(Cc2ccc(Cl)c(C)c2)CC3)cc1.COC(=O)c1ccc([C@H](C)NC(=O)c2c(C)nn3c2NCC3)cc1.Cc1cc(CN2CCn3nc(C)c(C(=O)N[C@@H](C)c4ccc(C(=O)O)cc4)c32)ccc1Cl.FC(F)(F)c1cc(CBr)ccc1Cl.[Li+].[OH-]. The van der Waals surface area contributed by atoms with Gasteiger partial charge in [0.05, 0.1) is 96.3 Å². The first-order chi connectivity index (χ1) is 48.5. The summed E-state index contributed by atoms with van der Waals surface area (Å²) in [6.45, 7) is 21.1. The van der Waals surface area contributed by atoms with E-state index in [9.17, 15) is 41.9 Å². The number of esters is 2. The number of fused-ring (bicyclic) bond motifs is 3. The molecule has 30 heteroatoms. The van der Waals surface area contributed by atoms with Gasteiger partial charge in [-0.05, 0) is 161 Å². The van der Waals surface area contributed by atoms with Crippen LogP contribution in [0.5, 0.6) is 0 Å². The molecule has 3 atom stereocenters. The molecule has 3 aliphatic rings. The molecule has 0 saturated carbocycles. The van der Waals surface area contributed by atoms with E-state index in [1.807, 2.05) is 118 Å². The molecule has 0 saturated heterocycles. The van der Waals surface area contributed by atoms with Crippen molar-refractivity contribution in [1.29, 1.82) is 0 Å². The first-order valence-corrected chi connectivity index (χ1v) is 34.7. The summed E-state index contributed by atoms with van der Waals surface area (Å²) in [6.07, 6.45) is -4.38. The minimum absolute atomic E-state index is 0. The van der Waals surface area contributed by atoms with Gasteiger partial charge in [-0.15, -0.1) is 0 Å². The molecule has 544 valence electrons. The number of ether oxygens (including phenoxy) is 2. The Labute approximate surface area is 635 Å². The zero-order chi connectivity index (χ0) is 74.0. The molecule has 3 aromatic heterocycles. The van der Waals surface area contributed by atoms with Crippen molar-refractivity contribution < 1.29 is 80.9 Å². The van der Waals surface area contributed by atoms with E-state index >= 15 is 0 Å². The number of hydrogen-bond donors (Lipinski definition) is 5. The molecule has 104 heavy (non-hydrogen) atoms. The fourth-order valence-corrected chi connectivity index (χ4v) is 12.8. The summed E-state index contributed by atoms with van der Waals surface area (Å²) in [7, 11) is 2.70. The number of carbonyl (C=O) groups excluding carboxylic acids is 5. The van der Waals surface area contributed by atoms with Crippen LogP contribution in [0.2, 0.25) is 15.1 Å². The van der Waals surface area contributed by atoms with Crippen LogP contribution >= 0.6 is 50.7 Å². The number of amides is 3. The fourth-order valence-electron chi connectivity index (χ4n) is 12.0. The van der Waals surface area contributed by atoms with Gasteiger partial charge in [0.2, 0.25) is 0 Å². The number of carboxylic acids is 1. The van der Waals surface area contributed by atoms with Crippen molar-refractivity contribution in [3.63, 3.8) is 0 Å². The van der Waals surface area contributed by atoms with Gasteiger partial charge in [-0.1, -0.05) is 117 Å². The largest absolute Gasteiger partial charge is 1.00 e. The third-order valence-corrected chi connectivity index (χ3v) is 19.3. The van der Waals surface area contributed by atoms with E-state index < -0.39 is 17.7 Å². The Morgan fingerprint density at radius 1 is 0.529 bits per heavy atom. The van der Waals surface area contributed by atoms with Gasteiger partial charge in [-0.25, -0.2) is 28.4 Å². The van der Waals surface area contributed by atoms with E-state index in [1.54, 1.807) is 54.6 Å². The van der Waals surface area contributed by atoms with Crippen molar-refractivity contribution in [3.8, 4) is 0 Å². The number of aryl methyl sites for hydroxylation is 5. The van der Waals surface area contributed by atoms with Crippen LogP contribution in [-0.4, -0.2) is 109 Å². The maximum absolute atomic E-state index is 13.3. The average molecular weight is 1550 g/mol. The second-order valence-electron chi connectivity index (χ2n) is 24.7. The number of halogens is 7. The van der Waals surface area contributed by atoms with Crippen molar-refractivity contribution >= 4 is 104 Å². The Morgan fingerprint density at radius 2 is 0.894 bits per heavy atom. The molecule has 6 N–H and O–H groups in total. The van der Waals surface area contributed by atoms with Gasteiger partial charge < -0.3 is 51.1 Å². The molecular formula is C74H78BrCl3F3LiN12O10. The second kappa shape index (κ2) is 36.0. The Morgan fingerprint density at radius 3 is 1.27 bits per heavy atom. The predicted molar refractivity (Wildman–Crippen MR) is 391 cm³/mol. The Hall–Kier alpha value is -9.13. The van der Waals surface area contributed by atoms with Gasteiger partial charge in [-0.2, -0.15) is 28.5 Å². The average Bonchev–Trinajstić information content (AvgIpc) is 1.62. The number of benzene rings is 6. The minimum atomic E-state index is -4.38. The molecule has 0 unspecified atom stereocenters. The van der Waals surface area contributed by atoms with Crippen LogP contribution in [0.25, 0.3) is 0 Å². The molecule has 0 bridgehead atoms. The first kappa shape index (κ1) is 82.2. The molecule has 0 fully saturated rings. The van der Waals surface area contributed by atoms with Crippen LogP contribution in [0.15, 0.2) is 127 Å². The van der Waals surface area contributed by atoms with Crippen LogP contribution in [0, 0.1) is 34.6 Å². The third kappa shape index (κ3) is 19.6. The van der Waals surface area contributed by atoms with Crippen molar-refractivity contribution in [2.75, 3.05) is 49.0 Å². The predicted octanol–water partition coefficient (Wildman–Crippen LogP) is 11.8. The standard InChI is InChI=1S/C25H27ClN4O3.C24H25ClN4O3.C17H20N4O3.C8H5BrClF3.Li.H2O/c1-15-13-18(5-10-21(15)26)14-29-11-12-30-24(29)22(17(3)28-30)23(31)27-16(2)19-6-8-20(9-7-19)25(32)33-4;1-14-12-17(4-9-20(14)25)13-28-10-11-29-23(28)21(16(3)27-29)22(30)26-15(2)18-5-7-19(8-6-18)24(31)32;1-10(12-4-6-13(7-5-12)17(23)24-3)19-16(22)14-11(2)20-21-9-8-18-15(14)21;9-4-5-1-2-7(10)6(3-5)8(11,12)13;;/h5-10,13,16H,11-12,14H2,1-4H3,(H,27,31);4-9,12,15H,10-11,13H2,1-3H3,(H,26,30)(H,31,32);4-7,10,18H,8-9H2,1-3H3,(H,19,22);1-3H,4H2;;1H2/q;;;;+1;/p-1/t16-;15-;10-;;;/m000.../s1. The van der Waals surface area contributed by atoms with E-state index in [4.69, 9.17) is 44.6 Å². The maximum Gasteiger partial charge on any atom is 1.00 e. The number of alkyl halides is 4. The van der Waals surface area contributed by atoms with Crippen LogP contribution in [0.4, 0.5) is 30.6 Å². The number of carbonyl (C=O) groups is 6. The number of anilines is 3. The van der Waals surface area contributed by atoms with Gasteiger partial charge >= 0.3 is 42.9 Å². The summed E-state index contributed by atoms with van der Waals surface area (Å²) in [4.78, 5) is 77.7. The molecule has 0 spiro atoms. The third-order valence-electron chi connectivity index (χ3n) is 17.4. The quantitative estimate of drug-likeness (QED) is 0.0322. The van der Waals surface area contributed by atoms with Gasteiger partial charge in [0, 0.05) is 48.1 Å². The minimum Gasteiger partial charge on any atom is -0.870 e. The molecule has 3 amide bonds. The number of carboxylic acid groups (broad SMARTS) is 1. The molecule has 6 aromatic carbocycles. The summed E-state index contributed by atoms with van der Waals surface area (Å²) in [6, 6.07) is 35.6. The van der Waals surface area contributed by atoms with E-state index in [0.717, 1.165) is 112 Å². The summed E-state index contributed by atoms with van der Waals surface area (Å²) in [5, 5.41) is 36.5. The van der Waals surface area contributed by atoms with Gasteiger partial charge in [0.25, 0.3) is 17.7 Å². The van der Waals surface area contributed by atoms with Crippen molar-refractivity contribution in [3.05, 3.63) is 243 Å². The molecule has 3 aliphatic heterocycles. The normalized spacial score (nSPS) is 13.2. The Balaban J connectivity index is 0.000000201. The van der Waals surface area contributed by atoms with Crippen LogP contribution in [-0.2, 0) is 53.7 Å². The smallest absolute Gasteiger partial charge is 0.870 e. The monoisotopic (exact) mass is 1540 g/mol. The van der Waals surface area contributed by atoms with Crippen LogP contribution in [0.3, 0.4) is 0 Å². The van der Waals surface area contributed by atoms with Crippen molar-refractivity contribution in [2.45, 2.75) is 118 Å². The number of aromatic carboxylic acids is 1. The molecule has 12 rings (SSSR count). The number of nitrogens with one attached hydrogen (secondary N) is 4. The number of methoxy groups -OCH3 is 2. The number of nitrogens with zero attached hydrogens (tertiary/aromatic N) is 8. The molecule has 6 heterocycles. The van der Waals surface area contributed by atoms with Gasteiger partial charge in [0.1, 0.15) is 34.1 Å². The number of rotatable bonds is 17. The van der Waals surface area contributed by atoms with Crippen LogP contribution in [0.1, 0.15) is 168 Å². The van der Waals surface area contributed by atoms with E-state index in [-0.39, 0.29) is 82.7 Å². The summed E-state index contributed by atoms with van der Waals surface area (Å²) in [5.41, 5.74) is 11.7. The van der Waals surface area contributed by atoms with Gasteiger partial charge in [0.15, 0.2) is 0 Å². The maximum atomic E-state index is 13.3. The molecule has 9 aromatic rings. The zero-order valence-electron chi connectivity index (χ0n) is 59.1. The topological polar surface area (TPSA) is 279 Å². The molecular weight excluding hydrogens is 1470 g/mol. The number of aromatic nitrogens is 6. The van der Waals surface area contributed by atoms with E-state index in [1.165, 1.54) is 20.3 Å². The summed E-state index contributed by atoms with van der Waals surface area (Å²) >= 11 is 20.8. The molecule has 22 nitrogen and oxygen atoms in total. The summed E-state index contributed by atoms with van der Waals surface area (Å²) < 4.78 is 51.8. The van der Waals surface area contributed by atoms with Crippen LogP contribution < -0.4 is 49.9 Å². The Bertz CT molecular complexity index is 4600. The van der Waals surface area contributed by atoms with E-state index in [2.05, 4.69) is 79.2 Å². The van der Waals surface area contributed by atoms with Crippen molar-refractivity contribution in [2.24, 2.45) is 0 Å². The fraction of sp³-hybridized carbons (Fsp3) is 0.311. The number of hydrogen-bond acceptors (Lipinski definition) is 15. The van der Waals surface area contributed by atoms with Crippen molar-refractivity contribution in [1.82, 2.24) is 45.3 Å². The second-order valence-corrected chi connectivity index (χ2v) is 26.5. The first-order valence-electron chi connectivity index (χ1n) is 32.5. The van der Waals surface area contributed by atoms with Gasteiger partial charge in [-0.3, -0.25) is 14.4 Å². The molecule has 0 aliphatic carbocycles. The zero-order valence-corrected chi connectivity index (χ0v) is 63.0. The Kier molecular flexibility index (Phi) is 28.5.